The van der Waals surface area contributed by atoms with Crippen LogP contribution < -0.4 is 5.73 Å². The highest BCUT2D eigenvalue weighted by Crippen LogP contribution is 2.25. The maximum atomic E-state index is 5.87. The highest BCUT2D eigenvalue weighted by atomic mass is 32.2. The first-order valence-corrected chi connectivity index (χ1v) is 7.36. The van der Waals surface area contributed by atoms with Gasteiger partial charge < -0.3 is 5.73 Å². The molecule has 3 unspecified atom stereocenters. The van der Waals surface area contributed by atoms with E-state index >= 15 is 0 Å². The molecule has 0 amide bonds. The lowest BCUT2D eigenvalue weighted by Gasteiger charge is -2.26. The normalized spacial score (nSPS) is 29.6. The van der Waals surface area contributed by atoms with Crippen LogP contribution in [0.4, 0.5) is 0 Å². The summed E-state index contributed by atoms with van der Waals surface area (Å²) >= 11 is 2.03. The van der Waals surface area contributed by atoms with Gasteiger partial charge in [-0.3, -0.25) is 4.90 Å². The molecule has 2 N–H and O–H groups in total. The summed E-state index contributed by atoms with van der Waals surface area (Å²) in [7, 11) is 0. The summed E-state index contributed by atoms with van der Waals surface area (Å²) < 4.78 is 0. The van der Waals surface area contributed by atoms with E-state index in [0.29, 0.717) is 6.04 Å². The zero-order valence-electron chi connectivity index (χ0n) is 10.4. The lowest BCUT2D eigenvalue weighted by Crippen LogP contribution is -2.39. The number of nitrogens with two attached hydrogens (primary N) is 1. The van der Waals surface area contributed by atoms with Crippen molar-refractivity contribution in [2.24, 2.45) is 17.6 Å². The summed E-state index contributed by atoms with van der Waals surface area (Å²) in [6, 6.07) is 0.622. The van der Waals surface area contributed by atoms with Crippen LogP contribution in [0.1, 0.15) is 27.2 Å². The van der Waals surface area contributed by atoms with Crippen LogP contribution in [0.15, 0.2) is 0 Å². The van der Waals surface area contributed by atoms with E-state index in [4.69, 9.17) is 5.73 Å². The van der Waals surface area contributed by atoms with Gasteiger partial charge in [0.05, 0.1) is 0 Å². The first-order valence-electron chi connectivity index (χ1n) is 6.20. The molecule has 0 radical (unpaired) electrons. The van der Waals surface area contributed by atoms with Crippen molar-refractivity contribution in [3.05, 3.63) is 0 Å². The zero-order valence-corrected chi connectivity index (χ0v) is 11.2. The van der Waals surface area contributed by atoms with Crippen molar-refractivity contribution in [1.82, 2.24) is 4.90 Å². The van der Waals surface area contributed by atoms with E-state index in [-0.39, 0.29) is 0 Å². The van der Waals surface area contributed by atoms with Gasteiger partial charge in [0.2, 0.25) is 0 Å². The van der Waals surface area contributed by atoms with Crippen LogP contribution in [0.2, 0.25) is 0 Å². The van der Waals surface area contributed by atoms with Crippen molar-refractivity contribution in [3.8, 4) is 0 Å². The van der Waals surface area contributed by atoms with E-state index in [1.807, 2.05) is 11.8 Å². The number of likely N-dealkylation sites (tertiary alicyclic amines) is 1. The molecule has 3 heteroatoms. The van der Waals surface area contributed by atoms with Gasteiger partial charge in [-0.15, -0.1) is 0 Å². The quantitative estimate of drug-likeness (QED) is 0.708. The summed E-state index contributed by atoms with van der Waals surface area (Å²) in [6.45, 7) is 10.3. The van der Waals surface area contributed by atoms with Crippen LogP contribution in [0.25, 0.3) is 0 Å². The van der Waals surface area contributed by atoms with Gasteiger partial charge in [-0.05, 0) is 29.8 Å². The Bertz CT molecular complexity index is 165. The van der Waals surface area contributed by atoms with Crippen molar-refractivity contribution >= 4 is 11.8 Å². The number of thioether (sulfide) groups is 1. The van der Waals surface area contributed by atoms with E-state index in [9.17, 15) is 0 Å². The molecule has 0 aromatic carbocycles. The monoisotopic (exact) mass is 230 g/mol. The van der Waals surface area contributed by atoms with Gasteiger partial charge in [-0.2, -0.15) is 11.8 Å². The summed E-state index contributed by atoms with van der Waals surface area (Å²) in [6.07, 6.45) is 1.26. The van der Waals surface area contributed by atoms with Gasteiger partial charge in [-0.25, -0.2) is 0 Å². The Kier molecular flexibility index (Phi) is 6.02. The minimum atomic E-state index is 0.622. The van der Waals surface area contributed by atoms with Crippen molar-refractivity contribution in [3.63, 3.8) is 0 Å². The van der Waals surface area contributed by atoms with Gasteiger partial charge in [0.1, 0.15) is 0 Å². The smallest absolute Gasteiger partial charge is 0.0226 e. The number of rotatable bonds is 6. The molecule has 3 atom stereocenters. The van der Waals surface area contributed by atoms with E-state index in [1.54, 1.807) is 0 Å². The topological polar surface area (TPSA) is 29.3 Å². The molecule has 15 heavy (non-hydrogen) atoms. The number of hydrogen-bond donors (Lipinski definition) is 1. The fraction of sp³-hybridized carbons (Fsp3) is 1.00. The molecule has 0 aromatic rings. The molecule has 0 aliphatic carbocycles. The van der Waals surface area contributed by atoms with Crippen molar-refractivity contribution < 1.29 is 0 Å². The standard InChI is InChI=1S/C12H26N2S/c1-4-15-6-5-12(7-13)14-8-10(2)11(3)9-14/h10-12H,4-9,13H2,1-3H3. The lowest BCUT2D eigenvalue weighted by atomic mass is 10.0. The Balaban J connectivity index is 2.32. The molecule has 2 nitrogen and oxygen atoms in total. The summed E-state index contributed by atoms with van der Waals surface area (Å²) in [5.41, 5.74) is 5.87. The molecule has 1 aliphatic heterocycles. The second-order valence-electron chi connectivity index (χ2n) is 4.78. The Hall–Kier alpha value is 0.270. The third kappa shape index (κ3) is 3.97. The first-order chi connectivity index (χ1) is 7.19. The number of hydrogen-bond acceptors (Lipinski definition) is 3. The summed E-state index contributed by atoms with van der Waals surface area (Å²) in [5, 5.41) is 0. The van der Waals surface area contributed by atoms with Gasteiger partial charge >= 0.3 is 0 Å². The predicted octanol–water partition coefficient (Wildman–Crippen LogP) is 2.04. The van der Waals surface area contributed by atoms with Crippen LogP contribution in [-0.2, 0) is 0 Å². The first kappa shape index (κ1) is 13.3. The van der Waals surface area contributed by atoms with Gasteiger partial charge in [0.15, 0.2) is 0 Å². The lowest BCUT2D eigenvalue weighted by molar-refractivity contribution is 0.232. The van der Waals surface area contributed by atoms with Crippen molar-refractivity contribution in [2.45, 2.75) is 33.2 Å². The van der Waals surface area contributed by atoms with Gasteiger partial charge in [-0.1, -0.05) is 20.8 Å². The van der Waals surface area contributed by atoms with E-state index < -0.39 is 0 Å². The summed E-state index contributed by atoms with van der Waals surface area (Å²) in [5.74, 6) is 4.18. The van der Waals surface area contributed by atoms with Gasteiger partial charge in [0.25, 0.3) is 0 Å². The molecule has 1 heterocycles. The van der Waals surface area contributed by atoms with Crippen LogP contribution >= 0.6 is 11.8 Å². The predicted molar refractivity (Wildman–Crippen MR) is 70.4 cm³/mol. The van der Waals surface area contributed by atoms with Gasteiger partial charge in [0, 0.05) is 25.7 Å². The third-order valence-electron chi connectivity index (χ3n) is 3.60. The van der Waals surface area contributed by atoms with Crippen molar-refractivity contribution in [2.75, 3.05) is 31.1 Å². The Labute approximate surface area is 99.0 Å². The Morgan fingerprint density at radius 1 is 1.33 bits per heavy atom. The molecule has 0 saturated carbocycles. The molecule has 1 aliphatic rings. The molecule has 1 saturated heterocycles. The molecule has 1 fully saturated rings. The highest BCUT2D eigenvalue weighted by molar-refractivity contribution is 7.99. The minimum Gasteiger partial charge on any atom is -0.329 e. The van der Waals surface area contributed by atoms with Crippen LogP contribution in [-0.4, -0.2) is 42.1 Å². The molecule has 90 valence electrons. The van der Waals surface area contributed by atoms with Crippen LogP contribution in [0, 0.1) is 11.8 Å². The fourth-order valence-corrected chi connectivity index (χ4v) is 3.01. The highest BCUT2D eigenvalue weighted by Gasteiger charge is 2.29. The average Bonchev–Trinajstić information content (AvgIpc) is 2.54. The SMILES string of the molecule is CCSCCC(CN)N1CC(C)C(C)C1. The summed E-state index contributed by atoms with van der Waals surface area (Å²) in [4.78, 5) is 2.60. The van der Waals surface area contributed by atoms with Crippen LogP contribution in [0.5, 0.6) is 0 Å². The Morgan fingerprint density at radius 2 is 1.93 bits per heavy atom. The minimum absolute atomic E-state index is 0.622. The second kappa shape index (κ2) is 6.77. The largest absolute Gasteiger partial charge is 0.329 e. The van der Waals surface area contributed by atoms with Crippen LogP contribution in [0.3, 0.4) is 0 Å². The fourth-order valence-electron chi connectivity index (χ4n) is 2.29. The third-order valence-corrected chi connectivity index (χ3v) is 4.54. The van der Waals surface area contributed by atoms with E-state index in [2.05, 4.69) is 25.7 Å². The molecule has 1 rings (SSSR count). The van der Waals surface area contributed by atoms with Crippen molar-refractivity contribution in [1.29, 1.82) is 0 Å². The molecule has 0 spiro atoms. The molecular formula is C12H26N2S. The Morgan fingerprint density at radius 3 is 2.40 bits per heavy atom. The number of nitrogens with zero attached hydrogens (tertiary/aromatic N) is 1. The molecular weight excluding hydrogens is 204 g/mol. The maximum absolute atomic E-state index is 5.87. The molecule has 0 bridgehead atoms. The van der Waals surface area contributed by atoms with E-state index in [0.717, 1.165) is 18.4 Å². The maximum Gasteiger partial charge on any atom is 0.0226 e. The average molecular weight is 230 g/mol. The zero-order chi connectivity index (χ0) is 11.3. The second-order valence-corrected chi connectivity index (χ2v) is 6.18. The molecule has 0 aromatic heterocycles. The van der Waals surface area contributed by atoms with E-state index in [1.165, 1.54) is 31.0 Å².